The topological polar surface area (TPSA) is 28.7 Å². The highest BCUT2D eigenvalue weighted by Crippen LogP contribution is 1.99. The Kier molecular flexibility index (Phi) is 1.55. The van der Waals surface area contributed by atoms with E-state index in [9.17, 15) is 0 Å². The summed E-state index contributed by atoms with van der Waals surface area (Å²) in [5.41, 5.74) is 1.77. The lowest BCUT2D eigenvalue weighted by Crippen LogP contribution is -1.83. The Hall–Kier alpha value is -1.23. The fraction of sp³-hybridized carbons (Fsp3) is 0.286. The zero-order valence-corrected chi connectivity index (χ0v) is 5.31. The van der Waals surface area contributed by atoms with E-state index in [-0.39, 0.29) is 0 Å². The molecule has 0 aromatic carbocycles. The zero-order chi connectivity index (χ0) is 6.69. The van der Waals surface area contributed by atoms with Crippen LogP contribution in [0.5, 0.6) is 0 Å². The summed E-state index contributed by atoms with van der Waals surface area (Å²) in [5.74, 6) is 2.51. The minimum absolute atomic E-state index is 0.803. The molecule has 1 aromatic rings. The van der Waals surface area contributed by atoms with Crippen molar-refractivity contribution in [1.82, 2.24) is 9.97 Å². The quantitative estimate of drug-likeness (QED) is 0.549. The molecule has 0 aliphatic carbocycles. The molecule has 0 amide bonds. The van der Waals surface area contributed by atoms with E-state index in [0.29, 0.717) is 0 Å². The van der Waals surface area contributed by atoms with Crippen molar-refractivity contribution in [1.29, 1.82) is 0 Å². The van der Waals surface area contributed by atoms with E-state index < -0.39 is 0 Å². The number of aromatic nitrogens is 2. The van der Waals surface area contributed by atoms with E-state index in [1.807, 2.05) is 6.92 Å². The van der Waals surface area contributed by atoms with Gasteiger partial charge in [-0.15, -0.1) is 6.42 Å². The molecule has 0 spiro atoms. The van der Waals surface area contributed by atoms with Gasteiger partial charge < -0.3 is 4.98 Å². The molecule has 0 fully saturated rings. The first-order valence-corrected chi connectivity index (χ1v) is 2.87. The van der Waals surface area contributed by atoms with Gasteiger partial charge in [0, 0.05) is 0 Å². The number of nitrogens with one attached hydrogen (secondary N) is 1. The number of H-pyrrole nitrogens is 1. The van der Waals surface area contributed by atoms with Gasteiger partial charge in [-0.05, 0) is 6.42 Å². The van der Waals surface area contributed by atoms with Crippen molar-refractivity contribution in [3.63, 3.8) is 0 Å². The zero-order valence-electron chi connectivity index (χ0n) is 5.31. The van der Waals surface area contributed by atoms with Crippen LogP contribution < -0.4 is 0 Å². The van der Waals surface area contributed by atoms with Gasteiger partial charge >= 0.3 is 0 Å². The number of terminal acetylenes is 1. The Morgan fingerprint density at radius 1 is 1.89 bits per heavy atom. The smallest absolute Gasteiger partial charge is 0.112 e. The van der Waals surface area contributed by atoms with Crippen molar-refractivity contribution in [2.45, 2.75) is 13.3 Å². The second-order valence-corrected chi connectivity index (χ2v) is 1.72. The van der Waals surface area contributed by atoms with Gasteiger partial charge in [0.1, 0.15) is 5.69 Å². The van der Waals surface area contributed by atoms with Crippen LogP contribution in [0.4, 0.5) is 0 Å². The summed E-state index contributed by atoms with van der Waals surface area (Å²) < 4.78 is 0. The van der Waals surface area contributed by atoms with Crippen LogP contribution in [-0.2, 0) is 6.42 Å². The summed E-state index contributed by atoms with van der Waals surface area (Å²) in [6.07, 6.45) is 7.66. The summed E-state index contributed by atoms with van der Waals surface area (Å²) in [6.45, 7) is 2.02. The van der Waals surface area contributed by atoms with Gasteiger partial charge in [-0.2, -0.15) is 0 Å². The minimum Gasteiger partial charge on any atom is -0.338 e. The standard InChI is InChI=1S/C7H8N2/c1-3-6-7(4-2)9-5-8-6/h1,5H,4H2,2H3,(H,8,9). The molecule has 1 N–H and O–H groups in total. The van der Waals surface area contributed by atoms with Crippen molar-refractivity contribution >= 4 is 0 Å². The van der Waals surface area contributed by atoms with Gasteiger partial charge in [0.15, 0.2) is 0 Å². The Morgan fingerprint density at radius 3 is 3.11 bits per heavy atom. The van der Waals surface area contributed by atoms with Crippen LogP contribution >= 0.6 is 0 Å². The molecule has 9 heavy (non-hydrogen) atoms. The van der Waals surface area contributed by atoms with Crippen molar-refractivity contribution in [3.05, 3.63) is 17.7 Å². The average Bonchev–Trinajstić information content (AvgIpc) is 2.33. The van der Waals surface area contributed by atoms with Crippen LogP contribution in [0.1, 0.15) is 18.3 Å². The first-order chi connectivity index (χ1) is 4.38. The Morgan fingerprint density at radius 2 is 2.67 bits per heavy atom. The van der Waals surface area contributed by atoms with Gasteiger partial charge in [-0.25, -0.2) is 4.98 Å². The Bertz CT molecular complexity index is 229. The second-order valence-electron chi connectivity index (χ2n) is 1.72. The van der Waals surface area contributed by atoms with E-state index in [0.717, 1.165) is 17.8 Å². The van der Waals surface area contributed by atoms with Gasteiger partial charge in [0.2, 0.25) is 0 Å². The highest BCUT2D eigenvalue weighted by molar-refractivity contribution is 5.28. The first-order valence-electron chi connectivity index (χ1n) is 2.87. The molecule has 2 nitrogen and oxygen atoms in total. The van der Waals surface area contributed by atoms with Gasteiger partial charge in [0.05, 0.1) is 12.0 Å². The van der Waals surface area contributed by atoms with Crippen LogP contribution in [0.3, 0.4) is 0 Å². The minimum atomic E-state index is 0.803. The molecular weight excluding hydrogens is 112 g/mol. The number of rotatable bonds is 1. The molecule has 1 aromatic heterocycles. The van der Waals surface area contributed by atoms with Crippen LogP contribution in [0.15, 0.2) is 6.33 Å². The lowest BCUT2D eigenvalue weighted by atomic mass is 10.3. The molecule has 0 atom stereocenters. The third-order valence-corrected chi connectivity index (χ3v) is 1.20. The fourth-order valence-corrected chi connectivity index (χ4v) is 0.716. The third kappa shape index (κ3) is 0.945. The van der Waals surface area contributed by atoms with Crippen LogP contribution in [0.2, 0.25) is 0 Å². The maximum atomic E-state index is 5.15. The van der Waals surface area contributed by atoms with Crippen LogP contribution in [0.25, 0.3) is 0 Å². The van der Waals surface area contributed by atoms with E-state index in [1.165, 1.54) is 0 Å². The molecular formula is C7H8N2. The Balaban J connectivity index is 3.02. The monoisotopic (exact) mass is 120 g/mol. The van der Waals surface area contributed by atoms with E-state index >= 15 is 0 Å². The normalized spacial score (nSPS) is 8.89. The molecule has 0 unspecified atom stereocenters. The summed E-state index contributed by atoms with van der Waals surface area (Å²) in [6, 6.07) is 0. The third-order valence-electron chi connectivity index (χ3n) is 1.20. The Labute approximate surface area is 54.3 Å². The fourth-order valence-electron chi connectivity index (χ4n) is 0.716. The number of imidazole rings is 1. The van der Waals surface area contributed by atoms with E-state index in [4.69, 9.17) is 6.42 Å². The summed E-state index contributed by atoms with van der Waals surface area (Å²) in [4.78, 5) is 6.87. The summed E-state index contributed by atoms with van der Waals surface area (Å²) in [5, 5.41) is 0. The van der Waals surface area contributed by atoms with E-state index in [1.54, 1.807) is 6.33 Å². The van der Waals surface area contributed by atoms with Crippen molar-refractivity contribution in [2.24, 2.45) is 0 Å². The molecule has 2 heteroatoms. The van der Waals surface area contributed by atoms with Gasteiger partial charge in [-0.3, -0.25) is 0 Å². The summed E-state index contributed by atoms with van der Waals surface area (Å²) >= 11 is 0. The SMILES string of the molecule is C#Cc1[nH]cnc1CC. The number of nitrogens with zero attached hydrogens (tertiary/aromatic N) is 1. The predicted octanol–water partition coefficient (Wildman–Crippen LogP) is 0.953. The lowest BCUT2D eigenvalue weighted by molar-refractivity contribution is 1.06. The highest BCUT2D eigenvalue weighted by atomic mass is 14.9. The molecule has 1 rings (SSSR count). The molecule has 0 radical (unpaired) electrons. The number of aromatic amines is 1. The maximum absolute atomic E-state index is 5.15. The second kappa shape index (κ2) is 2.36. The molecule has 0 aliphatic rings. The number of aryl methyl sites for hydroxylation is 1. The van der Waals surface area contributed by atoms with Crippen LogP contribution in [-0.4, -0.2) is 9.97 Å². The largest absolute Gasteiger partial charge is 0.338 e. The molecule has 1 heterocycles. The van der Waals surface area contributed by atoms with Crippen molar-refractivity contribution in [2.75, 3.05) is 0 Å². The lowest BCUT2D eigenvalue weighted by Gasteiger charge is -1.85. The molecule has 0 bridgehead atoms. The molecule has 0 aliphatic heterocycles. The molecule has 46 valence electrons. The van der Waals surface area contributed by atoms with Gasteiger partial charge in [0.25, 0.3) is 0 Å². The highest BCUT2D eigenvalue weighted by Gasteiger charge is 1.96. The van der Waals surface area contributed by atoms with Gasteiger partial charge in [-0.1, -0.05) is 12.8 Å². The predicted molar refractivity (Wildman–Crippen MR) is 35.9 cm³/mol. The molecule has 0 saturated heterocycles. The van der Waals surface area contributed by atoms with Crippen molar-refractivity contribution < 1.29 is 0 Å². The number of hydrogen-bond acceptors (Lipinski definition) is 1. The first kappa shape index (κ1) is 5.90. The summed E-state index contributed by atoms with van der Waals surface area (Å²) in [7, 11) is 0. The number of hydrogen-bond donors (Lipinski definition) is 1. The molecule has 0 saturated carbocycles. The maximum Gasteiger partial charge on any atom is 0.112 e. The van der Waals surface area contributed by atoms with E-state index in [2.05, 4.69) is 15.9 Å². The average molecular weight is 120 g/mol. The van der Waals surface area contributed by atoms with Crippen LogP contribution in [0, 0.1) is 12.3 Å². The van der Waals surface area contributed by atoms with Crippen molar-refractivity contribution in [3.8, 4) is 12.3 Å².